The van der Waals surface area contributed by atoms with Crippen LogP contribution in [0.3, 0.4) is 0 Å². The number of piperidine rings is 1. The van der Waals surface area contributed by atoms with Gasteiger partial charge >= 0.3 is 0 Å². The highest BCUT2D eigenvalue weighted by atomic mass is 32.1. The van der Waals surface area contributed by atoms with Gasteiger partial charge in [0.2, 0.25) is 0 Å². The van der Waals surface area contributed by atoms with Gasteiger partial charge in [-0.15, -0.1) is 17.8 Å². The first-order valence-electron chi connectivity index (χ1n) is 16.8. The van der Waals surface area contributed by atoms with E-state index in [0.717, 1.165) is 75.1 Å². The van der Waals surface area contributed by atoms with Gasteiger partial charge in [-0.2, -0.15) is 0 Å². The number of carbonyl (C=O) groups is 1. The summed E-state index contributed by atoms with van der Waals surface area (Å²) in [6.07, 6.45) is 14.4. The second-order valence-electron chi connectivity index (χ2n) is 13.7. The highest BCUT2D eigenvalue weighted by Gasteiger charge is 2.28. The molecule has 2 aromatic carbocycles. The van der Waals surface area contributed by atoms with Crippen LogP contribution in [0.1, 0.15) is 68.0 Å². The number of carbonyl (C=O) groups excluding carboxylic acids is 1. The molecule has 6 nitrogen and oxygen atoms in total. The Morgan fingerprint density at radius 2 is 2.00 bits per heavy atom. The molecule has 48 heavy (non-hydrogen) atoms. The van der Waals surface area contributed by atoms with Crippen molar-refractivity contribution in [2.75, 3.05) is 13.1 Å². The molecule has 1 fully saturated rings. The number of nitrogens with zero attached hydrogens (tertiary/aromatic N) is 3. The van der Waals surface area contributed by atoms with Crippen LogP contribution in [-0.4, -0.2) is 44.5 Å². The van der Waals surface area contributed by atoms with Crippen LogP contribution in [0.5, 0.6) is 0 Å². The molecule has 0 unspecified atom stereocenters. The molecule has 6 rings (SSSR count). The number of aromatic nitrogens is 3. The van der Waals surface area contributed by atoms with E-state index >= 15 is 0 Å². The lowest BCUT2D eigenvalue weighted by molar-refractivity contribution is -0.128. The summed E-state index contributed by atoms with van der Waals surface area (Å²) in [5, 5.41) is 4.71. The number of hydrogen-bond acceptors (Lipinski definition) is 4. The van der Waals surface area contributed by atoms with Gasteiger partial charge in [0.25, 0.3) is 5.91 Å². The molecule has 0 spiro atoms. The highest BCUT2D eigenvalue weighted by molar-refractivity contribution is 7.20. The first kappa shape index (κ1) is 33.1. The number of rotatable bonds is 10. The SMILES string of the molecule is C#C/C(=C/C(C)(C)CCC)C(=O)N1CCC[C@@H](NC(=C)c2sc3nccc4c3c2[nH]c(=C)n4-c2ccc(Cc3ccccc3)cc2C)C1. The van der Waals surface area contributed by atoms with Gasteiger partial charge in [-0.3, -0.25) is 9.36 Å². The second-order valence-corrected chi connectivity index (χ2v) is 14.7. The number of nitrogens with one attached hydrogen (secondary N) is 2. The average molecular weight is 656 g/mol. The van der Waals surface area contributed by atoms with Gasteiger partial charge in [-0.25, -0.2) is 4.98 Å². The smallest absolute Gasteiger partial charge is 0.262 e. The van der Waals surface area contributed by atoms with Crippen LogP contribution >= 0.6 is 11.3 Å². The summed E-state index contributed by atoms with van der Waals surface area (Å²) in [6.45, 7) is 18.8. The van der Waals surface area contributed by atoms with E-state index in [0.29, 0.717) is 18.7 Å². The molecule has 3 aromatic heterocycles. The summed E-state index contributed by atoms with van der Waals surface area (Å²) in [7, 11) is 0. The lowest BCUT2D eigenvalue weighted by Crippen LogP contribution is -2.47. The maximum atomic E-state index is 13.5. The molecule has 1 aliphatic heterocycles. The minimum atomic E-state index is -0.125. The predicted octanol–water partition coefficient (Wildman–Crippen LogP) is 8.10. The molecule has 0 aliphatic carbocycles. The Hall–Kier alpha value is -4.80. The number of terminal acetylenes is 1. The fourth-order valence-corrected chi connectivity index (χ4v) is 8.14. The Bertz CT molecular complexity index is 2120. The second kappa shape index (κ2) is 13.7. The largest absolute Gasteiger partial charge is 0.380 e. The fourth-order valence-electron chi connectivity index (χ4n) is 7.09. The van der Waals surface area contributed by atoms with E-state index in [1.807, 2.05) is 17.2 Å². The summed E-state index contributed by atoms with van der Waals surface area (Å²) >= 11 is 1.61. The van der Waals surface area contributed by atoms with Gasteiger partial charge in [-0.1, -0.05) is 94.8 Å². The molecule has 1 amide bonds. The van der Waals surface area contributed by atoms with Crippen molar-refractivity contribution < 1.29 is 4.79 Å². The Balaban J connectivity index is 1.26. The minimum absolute atomic E-state index is 0.0584. The summed E-state index contributed by atoms with van der Waals surface area (Å²) in [6, 6.07) is 19.3. The monoisotopic (exact) mass is 655 g/mol. The van der Waals surface area contributed by atoms with Gasteiger partial charge < -0.3 is 15.2 Å². The molecular weight excluding hydrogens is 611 g/mol. The van der Waals surface area contributed by atoms with Gasteiger partial charge in [-0.05, 0) is 66.8 Å². The third-order valence-electron chi connectivity index (χ3n) is 9.28. The Kier molecular flexibility index (Phi) is 9.48. The third-order valence-corrected chi connectivity index (χ3v) is 10.4. The van der Waals surface area contributed by atoms with Gasteiger partial charge in [0.05, 0.1) is 32.6 Å². The summed E-state index contributed by atoms with van der Waals surface area (Å²) in [5.74, 6) is 2.61. The number of H-pyrrole nitrogens is 1. The molecule has 1 atom stereocenters. The molecular formula is C41H45N5OS. The van der Waals surface area contributed by atoms with Crippen LogP contribution < -0.4 is 10.8 Å². The molecule has 246 valence electrons. The van der Waals surface area contributed by atoms with Crippen LogP contribution in [0, 0.1) is 24.7 Å². The zero-order chi connectivity index (χ0) is 34.0. The first-order valence-corrected chi connectivity index (χ1v) is 17.7. The lowest BCUT2D eigenvalue weighted by Gasteiger charge is -2.34. The van der Waals surface area contributed by atoms with Crippen LogP contribution in [0.25, 0.3) is 39.2 Å². The number of thiophene rings is 1. The molecule has 0 radical (unpaired) electrons. The van der Waals surface area contributed by atoms with Crippen molar-refractivity contribution in [2.24, 2.45) is 5.41 Å². The van der Waals surface area contributed by atoms with Crippen molar-refractivity contribution in [3.8, 4) is 18.0 Å². The number of aromatic amines is 1. The number of pyridine rings is 1. The standard InChI is InChI=1S/C41H45N5OS/c1-8-20-41(6,7)25-32(9-2)40(47)45-22-13-16-33(26-45)43-28(4)38-37-36-35(19-21-42-39(36)48-38)46(29(5)44-37)34-18-17-31(23-27(34)3)24-30-14-11-10-12-15-30/h2,10-12,14-15,17-19,21,23,25,33,43-44H,4-5,8,13,16,20,22,24,26H2,1,3,6-7H3/b32-25-/t33-/m1/s1. The topological polar surface area (TPSA) is 66.0 Å². The van der Waals surface area contributed by atoms with Gasteiger partial charge in [0.1, 0.15) is 10.3 Å². The average Bonchev–Trinajstić information content (AvgIpc) is 3.44. The summed E-state index contributed by atoms with van der Waals surface area (Å²) in [5.41, 5.74) is 8.74. The Labute approximate surface area is 287 Å². The number of aryl methyl sites for hydroxylation is 1. The number of amides is 1. The molecule has 0 bridgehead atoms. The van der Waals surface area contributed by atoms with Crippen LogP contribution in [0.2, 0.25) is 0 Å². The van der Waals surface area contributed by atoms with Crippen LogP contribution in [0.4, 0.5) is 0 Å². The predicted molar refractivity (Wildman–Crippen MR) is 202 cm³/mol. The van der Waals surface area contributed by atoms with Crippen molar-refractivity contribution >= 4 is 50.8 Å². The zero-order valence-electron chi connectivity index (χ0n) is 28.5. The van der Waals surface area contributed by atoms with Crippen LogP contribution in [-0.2, 0) is 11.2 Å². The minimum Gasteiger partial charge on any atom is -0.380 e. The van der Waals surface area contributed by atoms with Gasteiger partial charge in [0.15, 0.2) is 0 Å². The van der Waals surface area contributed by atoms with E-state index in [-0.39, 0.29) is 17.4 Å². The highest BCUT2D eigenvalue weighted by Crippen LogP contribution is 2.37. The van der Waals surface area contributed by atoms with E-state index in [1.165, 1.54) is 16.7 Å². The molecule has 0 saturated carbocycles. The van der Waals surface area contributed by atoms with E-state index in [2.05, 4.69) is 116 Å². The van der Waals surface area contributed by atoms with E-state index in [9.17, 15) is 4.79 Å². The van der Waals surface area contributed by atoms with Crippen molar-refractivity contribution in [3.05, 3.63) is 106 Å². The number of likely N-dealkylation sites (tertiary alicyclic amines) is 1. The number of allylic oxidation sites excluding steroid dienone is 1. The molecule has 4 heterocycles. The van der Waals surface area contributed by atoms with E-state index < -0.39 is 0 Å². The summed E-state index contributed by atoms with van der Waals surface area (Å²) < 4.78 is 2.19. The van der Waals surface area contributed by atoms with Crippen LogP contribution in [0.15, 0.2) is 79.0 Å². The van der Waals surface area contributed by atoms with Crippen molar-refractivity contribution in [1.29, 1.82) is 0 Å². The van der Waals surface area contributed by atoms with Gasteiger partial charge in [0, 0.05) is 31.0 Å². The third kappa shape index (κ3) is 6.77. The van der Waals surface area contributed by atoms with Crippen molar-refractivity contribution in [1.82, 2.24) is 24.8 Å². The van der Waals surface area contributed by atoms with E-state index in [1.54, 1.807) is 11.3 Å². The Morgan fingerprint density at radius 1 is 1.21 bits per heavy atom. The van der Waals surface area contributed by atoms with Crippen molar-refractivity contribution in [3.63, 3.8) is 0 Å². The first-order chi connectivity index (χ1) is 23.1. The summed E-state index contributed by atoms with van der Waals surface area (Å²) in [4.78, 5) is 25.7. The molecule has 1 saturated heterocycles. The molecule has 5 aromatic rings. The number of hydrogen-bond donors (Lipinski definition) is 2. The maximum absolute atomic E-state index is 13.5. The quantitative estimate of drug-likeness (QED) is 0.118. The molecule has 2 N–H and O–H groups in total. The fraction of sp³-hybridized carbons (Fsp3) is 0.317. The number of benzene rings is 2. The zero-order valence-corrected chi connectivity index (χ0v) is 29.3. The molecule has 7 heteroatoms. The normalized spacial score (nSPS) is 15.5. The Morgan fingerprint density at radius 3 is 2.73 bits per heavy atom. The van der Waals surface area contributed by atoms with E-state index in [4.69, 9.17) is 11.4 Å². The lowest BCUT2D eigenvalue weighted by atomic mass is 9.85. The maximum Gasteiger partial charge on any atom is 0.262 e. The molecule has 1 aliphatic rings. The van der Waals surface area contributed by atoms with Crippen molar-refractivity contribution in [2.45, 2.75) is 65.8 Å².